The normalized spacial score (nSPS) is 11.3. The lowest BCUT2D eigenvalue weighted by Gasteiger charge is -2.12. The van der Waals surface area contributed by atoms with Crippen LogP contribution >= 0.6 is 11.3 Å². The topological polar surface area (TPSA) is 12.9 Å². The molecule has 1 nitrogen and oxygen atoms in total. The zero-order chi connectivity index (χ0) is 22.4. The fraction of sp³-hybridized carbons (Fsp3) is 0.0645. The van der Waals surface area contributed by atoms with E-state index in [0.717, 1.165) is 0 Å². The smallest absolute Gasteiger partial charge is 0.0355 e. The quantitative estimate of drug-likeness (QED) is 0.231. The van der Waals surface area contributed by atoms with E-state index in [-0.39, 0.29) is 0 Å². The molecule has 5 aromatic carbocycles. The second-order valence-corrected chi connectivity index (χ2v) is 9.12. The van der Waals surface area contributed by atoms with E-state index in [4.69, 9.17) is 0 Å². The summed E-state index contributed by atoms with van der Waals surface area (Å²) in [4.78, 5) is 4.38. The Hall–Kier alpha value is -3.75. The number of rotatable bonds is 1. The molecular formula is C31H23NS. The molecule has 2 heteroatoms. The number of fused-ring (bicyclic) bond motifs is 9. The van der Waals surface area contributed by atoms with Gasteiger partial charge in [-0.1, -0.05) is 74.5 Å². The summed E-state index contributed by atoms with van der Waals surface area (Å²) in [6.07, 6.45) is 3.88. The average molecular weight is 442 g/mol. The first-order valence-corrected chi connectivity index (χ1v) is 12.3. The molecule has 0 atom stereocenters. The van der Waals surface area contributed by atoms with Crippen molar-refractivity contribution in [3.05, 3.63) is 103 Å². The number of pyridine rings is 1. The number of aromatic nitrogens is 1. The Bertz CT molecular complexity index is 1760. The van der Waals surface area contributed by atoms with Crippen molar-refractivity contribution < 1.29 is 0 Å². The molecule has 158 valence electrons. The predicted molar refractivity (Wildman–Crippen MR) is 146 cm³/mol. The van der Waals surface area contributed by atoms with Gasteiger partial charge in [0.1, 0.15) is 0 Å². The van der Waals surface area contributed by atoms with Crippen molar-refractivity contribution in [2.45, 2.75) is 13.8 Å². The summed E-state index contributed by atoms with van der Waals surface area (Å²) >= 11 is 1.87. The van der Waals surface area contributed by atoms with E-state index in [1.807, 2.05) is 37.6 Å². The van der Waals surface area contributed by atoms with Gasteiger partial charge in [-0.15, -0.1) is 11.3 Å². The molecule has 0 aliphatic carbocycles. The van der Waals surface area contributed by atoms with Crippen LogP contribution < -0.4 is 0 Å². The first kappa shape index (κ1) is 19.9. The van der Waals surface area contributed by atoms with E-state index in [2.05, 4.69) is 96.0 Å². The minimum atomic E-state index is 1.21. The summed E-state index contributed by atoms with van der Waals surface area (Å²) in [7, 11) is 0. The number of hydrogen-bond acceptors (Lipinski definition) is 2. The Morgan fingerprint density at radius 1 is 0.485 bits per heavy atom. The summed E-state index contributed by atoms with van der Waals surface area (Å²) in [5, 5.41) is 10.3. The molecule has 0 amide bonds. The highest BCUT2D eigenvalue weighted by atomic mass is 32.1. The molecule has 0 aliphatic heterocycles. The highest BCUT2D eigenvalue weighted by molar-refractivity contribution is 7.25. The van der Waals surface area contributed by atoms with Crippen LogP contribution in [-0.2, 0) is 0 Å². The number of thiophene rings is 1. The van der Waals surface area contributed by atoms with E-state index in [0.29, 0.717) is 0 Å². The molecule has 2 aromatic heterocycles. The number of nitrogens with zero attached hydrogens (tertiary/aromatic N) is 1. The Kier molecular flexibility index (Phi) is 4.82. The molecule has 0 bridgehead atoms. The Morgan fingerprint density at radius 3 is 1.88 bits per heavy atom. The molecule has 33 heavy (non-hydrogen) atoms. The van der Waals surface area contributed by atoms with Crippen LogP contribution in [0.5, 0.6) is 0 Å². The summed E-state index contributed by atoms with van der Waals surface area (Å²) in [5.74, 6) is 0. The van der Waals surface area contributed by atoms with Crippen molar-refractivity contribution in [2.24, 2.45) is 0 Å². The molecule has 7 aromatic rings. The van der Waals surface area contributed by atoms with Gasteiger partial charge in [0, 0.05) is 38.0 Å². The van der Waals surface area contributed by atoms with Crippen LogP contribution in [0.25, 0.3) is 63.6 Å². The van der Waals surface area contributed by atoms with Gasteiger partial charge in [0.05, 0.1) is 0 Å². The van der Waals surface area contributed by atoms with Crippen LogP contribution in [0.4, 0.5) is 0 Å². The standard InChI is InChI=1S/C29H17NS.C2H6/c1-2-6-21-20(5-1)25-15-18(9-11-22(25)23-13-14-30-17-27(21)23)19-10-12-29-26(16-19)24-7-3-4-8-28(24)31-29;1-2/h1-17H;1-2H3. The first-order chi connectivity index (χ1) is 16.4. The van der Waals surface area contributed by atoms with Crippen LogP contribution in [0.2, 0.25) is 0 Å². The van der Waals surface area contributed by atoms with Crippen LogP contribution in [0, 0.1) is 0 Å². The van der Waals surface area contributed by atoms with E-state index >= 15 is 0 Å². The van der Waals surface area contributed by atoms with Gasteiger partial charge in [0.2, 0.25) is 0 Å². The SMILES string of the molecule is CC.c1ccc2c(c1)sc1ccc(-c3ccc4c5ccncc5c5ccccc5c4c3)cc12. The van der Waals surface area contributed by atoms with Crippen molar-refractivity contribution in [2.75, 3.05) is 0 Å². The van der Waals surface area contributed by atoms with Crippen LogP contribution in [0.15, 0.2) is 103 Å². The molecule has 7 rings (SSSR count). The molecule has 0 unspecified atom stereocenters. The maximum Gasteiger partial charge on any atom is 0.0355 e. The maximum atomic E-state index is 4.38. The molecule has 0 aliphatic rings. The van der Waals surface area contributed by atoms with E-state index in [9.17, 15) is 0 Å². The lowest BCUT2D eigenvalue weighted by molar-refractivity contribution is 1.37. The van der Waals surface area contributed by atoms with Crippen molar-refractivity contribution in [3.8, 4) is 11.1 Å². The zero-order valence-electron chi connectivity index (χ0n) is 18.7. The van der Waals surface area contributed by atoms with Crippen molar-refractivity contribution in [3.63, 3.8) is 0 Å². The van der Waals surface area contributed by atoms with Crippen molar-refractivity contribution in [1.29, 1.82) is 0 Å². The fourth-order valence-corrected chi connectivity index (χ4v) is 5.97. The summed E-state index contributed by atoms with van der Waals surface area (Å²) in [6.45, 7) is 4.00. The van der Waals surface area contributed by atoms with Gasteiger partial charge in [0.25, 0.3) is 0 Å². The third-order valence-electron chi connectivity index (χ3n) is 6.35. The number of hydrogen-bond donors (Lipinski definition) is 0. The van der Waals surface area contributed by atoms with Gasteiger partial charge in [-0.05, 0) is 68.4 Å². The Morgan fingerprint density at radius 2 is 1.06 bits per heavy atom. The van der Waals surface area contributed by atoms with Crippen LogP contribution in [0.3, 0.4) is 0 Å². The van der Waals surface area contributed by atoms with Gasteiger partial charge in [0.15, 0.2) is 0 Å². The second-order valence-electron chi connectivity index (χ2n) is 8.04. The third-order valence-corrected chi connectivity index (χ3v) is 7.50. The van der Waals surface area contributed by atoms with Crippen LogP contribution in [0.1, 0.15) is 13.8 Å². The summed E-state index contributed by atoms with van der Waals surface area (Å²) in [5.41, 5.74) is 2.51. The molecule has 0 saturated carbocycles. The van der Waals surface area contributed by atoms with E-state index in [1.165, 1.54) is 63.6 Å². The van der Waals surface area contributed by atoms with Gasteiger partial charge in [-0.2, -0.15) is 0 Å². The first-order valence-electron chi connectivity index (χ1n) is 11.5. The minimum Gasteiger partial charge on any atom is -0.264 e. The predicted octanol–water partition coefficient (Wildman–Crippen LogP) is 9.60. The third kappa shape index (κ3) is 3.10. The second kappa shape index (κ2) is 7.99. The number of benzene rings is 5. The molecule has 0 spiro atoms. The highest BCUT2D eigenvalue weighted by Crippen LogP contribution is 2.39. The Labute approximate surface area is 196 Å². The highest BCUT2D eigenvalue weighted by Gasteiger charge is 2.11. The lowest BCUT2D eigenvalue weighted by atomic mass is 9.92. The molecule has 2 heterocycles. The minimum absolute atomic E-state index is 1.21. The van der Waals surface area contributed by atoms with Gasteiger partial charge < -0.3 is 0 Å². The average Bonchev–Trinajstić information content (AvgIpc) is 3.28. The molecule has 0 N–H and O–H groups in total. The van der Waals surface area contributed by atoms with Gasteiger partial charge >= 0.3 is 0 Å². The molecule has 0 radical (unpaired) electrons. The zero-order valence-corrected chi connectivity index (χ0v) is 19.5. The van der Waals surface area contributed by atoms with Crippen molar-refractivity contribution >= 4 is 63.8 Å². The molecular weight excluding hydrogens is 418 g/mol. The largest absolute Gasteiger partial charge is 0.264 e. The van der Waals surface area contributed by atoms with Crippen molar-refractivity contribution in [1.82, 2.24) is 4.98 Å². The van der Waals surface area contributed by atoms with Crippen LogP contribution in [-0.4, -0.2) is 4.98 Å². The van der Waals surface area contributed by atoms with E-state index in [1.54, 1.807) is 0 Å². The van der Waals surface area contributed by atoms with E-state index < -0.39 is 0 Å². The Balaban J connectivity index is 0.00000101. The molecule has 0 saturated heterocycles. The molecule has 0 fully saturated rings. The summed E-state index contributed by atoms with van der Waals surface area (Å²) < 4.78 is 2.69. The lowest BCUT2D eigenvalue weighted by Crippen LogP contribution is -1.85. The summed E-state index contributed by atoms with van der Waals surface area (Å²) in [6, 6.07) is 33.2. The maximum absolute atomic E-state index is 4.38. The monoisotopic (exact) mass is 441 g/mol. The van der Waals surface area contributed by atoms with Gasteiger partial charge in [-0.3, -0.25) is 4.98 Å². The van der Waals surface area contributed by atoms with Gasteiger partial charge in [-0.25, -0.2) is 0 Å². The fourth-order valence-electron chi connectivity index (χ4n) is 4.88.